The highest BCUT2D eigenvalue weighted by Gasteiger charge is 2.08. The van der Waals surface area contributed by atoms with Gasteiger partial charge in [-0.05, 0) is 77.7 Å². The zero-order chi connectivity index (χ0) is 23.4. The Bertz CT molecular complexity index is 1180. The maximum absolute atomic E-state index is 13.4. The molecular weight excluding hydrogens is 417 g/mol. The fourth-order valence-corrected chi connectivity index (χ4v) is 3.10. The monoisotopic (exact) mass is 438 g/mol. The average molecular weight is 438 g/mol. The van der Waals surface area contributed by atoms with Crippen molar-refractivity contribution in [3.05, 3.63) is 95.8 Å². The lowest BCUT2D eigenvalue weighted by molar-refractivity contribution is 0.477. The number of halogens is 3. The number of anilines is 2. The second-order valence-corrected chi connectivity index (χ2v) is 7.13. The van der Waals surface area contributed by atoms with Gasteiger partial charge in [0.2, 0.25) is 0 Å². The Morgan fingerprint density at radius 1 is 0.594 bits per heavy atom. The molecule has 4 nitrogen and oxygen atoms in total. The number of aryl methyl sites for hydroxylation is 1. The van der Waals surface area contributed by atoms with Crippen molar-refractivity contribution in [2.45, 2.75) is 6.92 Å². The fourth-order valence-electron chi connectivity index (χ4n) is 3.10. The molecule has 0 saturated carbocycles. The Kier molecular flexibility index (Phi) is 6.59. The lowest BCUT2D eigenvalue weighted by Crippen LogP contribution is -1.89. The first-order valence-corrected chi connectivity index (χ1v) is 9.54. The van der Waals surface area contributed by atoms with Gasteiger partial charge in [-0.2, -0.15) is 0 Å². The Balaban J connectivity index is 0.000000181. The van der Waals surface area contributed by atoms with Gasteiger partial charge in [-0.1, -0.05) is 18.2 Å². The van der Waals surface area contributed by atoms with E-state index < -0.39 is 11.6 Å². The summed E-state index contributed by atoms with van der Waals surface area (Å²) in [7, 11) is 0. The summed E-state index contributed by atoms with van der Waals surface area (Å²) in [6, 6.07) is 17.2. The minimum absolute atomic E-state index is 0.0428. The smallest absolute Gasteiger partial charge is 0.139 e. The molecular formula is C25H21F3N2O2. The van der Waals surface area contributed by atoms with Gasteiger partial charge in [0.25, 0.3) is 0 Å². The molecule has 0 amide bonds. The topological polar surface area (TPSA) is 92.5 Å². The van der Waals surface area contributed by atoms with Crippen molar-refractivity contribution in [3.8, 4) is 33.8 Å². The summed E-state index contributed by atoms with van der Waals surface area (Å²) >= 11 is 0. The van der Waals surface area contributed by atoms with Crippen molar-refractivity contribution in [2.75, 3.05) is 11.5 Å². The largest absolute Gasteiger partial charge is 0.506 e. The zero-order valence-corrected chi connectivity index (χ0v) is 17.1. The molecule has 164 valence electrons. The third kappa shape index (κ3) is 5.13. The number of nitrogen functional groups attached to an aromatic ring is 2. The van der Waals surface area contributed by atoms with E-state index in [0.29, 0.717) is 11.3 Å². The SMILES string of the molecule is Cc1cc(F)ccc1-c1ccc(N)c(O)c1.Nc1ccc(-c2ccc(F)cc2F)cc1O. The average Bonchev–Trinajstić information content (AvgIpc) is 2.73. The van der Waals surface area contributed by atoms with Crippen LogP contribution in [0.4, 0.5) is 24.5 Å². The van der Waals surface area contributed by atoms with Gasteiger partial charge in [0.05, 0.1) is 11.4 Å². The van der Waals surface area contributed by atoms with Crippen LogP contribution in [0.3, 0.4) is 0 Å². The van der Waals surface area contributed by atoms with Gasteiger partial charge in [-0.3, -0.25) is 0 Å². The van der Waals surface area contributed by atoms with Crippen LogP contribution in [-0.2, 0) is 0 Å². The van der Waals surface area contributed by atoms with E-state index in [4.69, 9.17) is 11.5 Å². The highest BCUT2D eigenvalue weighted by Crippen LogP contribution is 2.31. The predicted molar refractivity (Wildman–Crippen MR) is 121 cm³/mol. The minimum Gasteiger partial charge on any atom is -0.506 e. The number of hydrogen-bond donors (Lipinski definition) is 4. The number of rotatable bonds is 2. The summed E-state index contributed by atoms with van der Waals surface area (Å²) < 4.78 is 39.1. The quantitative estimate of drug-likeness (QED) is 0.228. The first kappa shape index (κ1) is 22.6. The maximum atomic E-state index is 13.4. The van der Waals surface area contributed by atoms with Crippen molar-refractivity contribution in [1.29, 1.82) is 0 Å². The van der Waals surface area contributed by atoms with Crippen molar-refractivity contribution >= 4 is 11.4 Å². The molecule has 0 bridgehead atoms. The standard InChI is InChI=1S/C13H12FNO.C12H9F2NO/c1-8-6-10(14)3-4-11(8)9-2-5-12(15)13(16)7-9;13-8-2-3-9(10(14)6-8)7-1-4-11(15)12(16)5-7/h2-7,16H,15H2,1H3;1-6,16H,15H2. The van der Waals surface area contributed by atoms with Gasteiger partial charge >= 0.3 is 0 Å². The summed E-state index contributed by atoms with van der Waals surface area (Å²) in [4.78, 5) is 0. The van der Waals surface area contributed by atoms with Gasteiger partial charge in [0, 0.05) is 11.6 Å². The van der Waals surface area contributed by atoms with Crippen LogP contribution in [0.1, 0.15) is 5.56 Å². The van der Waals surface area contributed by atoms with Crippen LogP contribution in [0.5, 0.6) is 11.5 Å². The Morgan fingerprint density at radius 3 is 1.53 bits per heavy atom. The van der Waals surface area contributed by atoms with Crippen molar-refractivity contribution in [1.82, 2.24) is 0 Å². The van der Waals surface area contributed by atoms with Crippen LogP contribution in [0.2, 0.25) is 0 Å². The van der Waals surface area contributed by atoms with Crippen LogP contribution in [-0.4, -0.2) is 10.2 Å². The number of benzene rings is 4. The molecule has 0 unspecified atom stereocenters. The molecule has 0 radical (unpaired) electrons. The summed E-state index contributed by atoms with van der Waals surface area (Å²) in [5.41, 5.74) is 14.7. The maximum Gasteiger partial charge on any atom is 0.139 e. The summed E-state index contributed by atoms with van der Waals surface area (Å²) in [6.45, 7) is 1.83. The van der Waals surface area contributed by atoms with Gasteiger partial charge in [-0.25, -0.2) is 13.2 Å². The zero-order valence-electron chi connectivity index (χ0n) is 17.1. The lowest BCUT2D eigenvalue weighted by atomic mass is 10.00. The molecule has 0 atom stereocenters. The van der Waals surface area contributed by atoms with Gasteiger partial charge in [0.15, 0.2) is 0 Å². The van der Waals surface area contributed by atoms with Crippen LogP contribution < -0.4 is 11.5 Å². The molecule has 0 saturated heterocycles. The number of phenols is 2. The van der Waals surface area contributed by atoms with Crippen LogP contribution >= 0.6 is 0 Å². The Morgan fingerprint density at radius 2 is 1.06 bits per heavy atom. The molecule has 0 aromatic heterocycles. The van der Waals surface area contributed by atoms with E-state index in [9.17, 15) is 23.4 Å². The van der Waals surface area contributed by atoms with Crippen molar-refractivity contribution < 1.29 is 23.4 Å². The molecule has 0 heterocycles. The highest BCUT2D eigenvalue weighted by atomic mass is 19.1. The van der Waals surface area contributed by atoms with E-state index in [0.717, 1.165) is 28.8 Å². The van der Waals surface area contributed by atoms with Gasteiger partial charge in [0.1, 0.15) is 29.0 Å². The number of phenolic OH excluding ortho intramolecular Hbond substituents is 2. The second kappa shape index (κ2) is 9.34. The number of hydrogen-bond acceptors (Lipinski definition) is 4. The third-order valence-electron chi connectivity index (χ3n) is 4.80. The molecule has 0 spiro atoms. The van der Waals surface area contributed by atoms with Crippen molar-refractivity contribution in [2.24, 2.45) is 0 Å². The minimum atomic E-state index is -0.677. The molecule has 0 aliphatic rings. The molecule has 0 aliphatic carbocycles. The number of nitrogens with two attached hydrogens (primary N) is 2. The predicted octanol–water partition coefficient (Wildman–Crippen LogP) is 6.01. The molecule has 32 heavy (non-hydrogen) atoms. The lowest BCUT2D eigenvalue weighted by Gasteiger charge is -2.07. The molecule has 4 aromatic carbocycles. The summed E-state index contributed by atoms with van der Waals surface area (Å²) in [6.07, 6.45) is 0. The molecule has 7 heteroatoms. The van der Waals surface area contributed by atoms with E-state index in [-0.39, 0.29) is 28.6 Å². The molecule has 4 aromatic rings. The van der Waals surface area contributed by atoms with E-state index in [2.05, 4.69) is 0 Å². The summed E-state index contributed by atoms with van der Waals surface area (Å²) in [5.74, 6) is -1.66. The Labute approximate surface area is 183 Å². The second-order valence-electron chi connectivity index (χ2n) is 7.13. The first-order chi connectivity index (χ1) is 15.2. The summed E-state index contributed by atoms with van der Waals surface area (Å²) in [5, 5.41) is 18.9. The van der Waals surface area contributed by atoms with Gasteiger partial charge < -0.3 is 21.7 Å². The molecule has 6 N–H and O–H groups in total. The van der Waals surface area contributed by atoms with Crippen LogP contribution in [0.15, 0.2) is 72.8 Å². The van der Waals surface area contributed by atoms with Crippen LogP contribution in [0.25, 0.3) is 22.3 Å². The first-order valence-electron chi connectivity index (χ1n) is 9.54. The van der Waals surface area contributed by atoms with Crippen molar-refractivity contribution in [3.63, 3.8) is 0 Å². The molecule has 4 rings (SSSR count). The van der Waals surface area contributed by atoms with E-state index in [1.807, 2.05) is 6.92 Å². The number of aromatic hydroxyl groups is 2. The van der Waals surface area contributed by atoms with E-state index in [1.165, 1.54) is 30.3 Å². The van der Waals surface area contributed by atoms with E-state index in [1.54, 1.807) is 30.3 Å². The van der Waals surface area contributed by atoms with Crippen LogP contribution in [0, 0.1) is 24.4 Å². The normalized spacial score (nSPS) is 10.4. The van der Waals surface area contributed by atoms with Gasteiger partial charge in [-0.15, -0.1) is 0 Å². The molecule has 0 fully saturated rings. The third-order valence-corrected chi connectivity index (χ3v) is 4.80. The fraction of sp³-hybridized carbons (Fsp3) is 0.0400. The van der Waals surface area contributed by atoms with E-state index >= 15 is 0 Å². The Hall–Kier alpha value is -4.13. The highest BCUT2D eigenvalue weighted by molar-refractivity contribution is 5.72. The molecule has 0 aliphatic heterocycles.